The maximum absolute atomic E-state index is 5.99. The van der Waals surface area contributed by atoms with Gasteiger partial charge in [0.25, 0.3) is 0 Å². The Hall–Kier alpha value is -2.53. The van der Waals surface area contributed by atoms with E-state index in [1.54, 1.807) is 6.20 Å². The van der Waals surface area contributed by atoms with Crippen LogP contribution in [0.25, 0.3) is 11.5 Å². The molecule has 3 aromatic rings. The van der Waals surface area contributed by atoms with Gasteiger partial charge in [0.05, 0.1) is 6.54 Å². The van der Waals surface area contributed by atoms with Crippen molar-refractivity contribution in [1.82, 2.24) is 15.1 Å². The fourth-order valence-corrected chi connectivity index (χ4v) is 3.03. The Balaban J connectivity index is 1.35. The number of aromatic nitrogens is 2. The summed E-state index contributed by atoms with van der Waals surface area (Å²) in [6, 6.07) is 14.1. The lowest BCUT2D eigenvalue weighted by Gasteiger charge is -2.19. The number of fused-ring (bicyclic) bond motifs is 1. The van der Waals surface area contributed by atoms with E-state index in [0.29, 0.717) is 0 Å². The van der Waals surface area contributed by atoms with Crippen LogP contribution in [0.15, 0.2) is 53.1 Å². The summed E-state index contributed by atoms with van der Waals surface area (Å²) < 4.78 is 11.9. The van der Waals surface area contributed by atoms with E-state index in [4.69, 9.17) is 9.15 Å². The summed E-state index contributed by atoms with van der Waals surface area (Å²) in [4.78, 5) is 2.23. The molecule has 1 aromatic carbocycles. The molecule has 2 aromatic heterocycles. The van der Waals surface area contributed by atoms with Gasteiger partial charge in [0.1, 0.15) is 23.3 Å². The lowest BCUT2D eigenvalue weighted by molar-refractivity contribution is 0.160. The Labute approximate surface area is 134 Å². The molecule has 1 atom stereocenters. The Bertz CT molecular complexity index is 754. The molecular weight excluding hydrogens is 290 g/mol. The van der Waals surface area contributed by atoms with Crippen LogP contribution in [0.5, 0.6) is 5.75 Å². The van der Waals surface area contributed by atoms with E-state index in [1.165, 1.54) is 5.56 Å². The summed E-state index contributed by atoms with van der Waals surface area (Å²) in [6.07, 6.45) is 2.90. The number of likely N-dealkylation sites (N-methyl/N-ethyl adjacent to an activating group) is 1. The number of nitrogens with one attached hydrogen (secondary N) is 1. The molecule has 4 rings (SSSR count). The Kier molecular flexibility index (Phi) is 3.63. The lowest BCUT2D eigenvalue weighted by atomic mass is 10.1. The number of para-hydroxylation sites is 1. The second-order valence-electron chi connectivity index (χ2n) is 5.98. The molecule has 0 saturated heterocycles. The number of hydrogen-bond donors (Lipinski definition) is 1. The molecule has 3 heterocycles. The van der Waals surface area contributed by atoms with E-state index >= 15 is 0 Å². The van der Waals surface area contributed by atoms with E-state index in [9.17, 15) is 0 Å². The molecule has 5 heteroatoms. The first-order chi connectivity index (χ1) is 11.3. The minimum Gasteiger partial charge on any atom is -0.488 e. The largest absolute Gasteiger partial charge is 0.488 e. The van der Waals surface area contributed by atoms with Crippen molar-refractivity contribution in [2.24, 2.45) is 0 Å². The molecule has 118 valence electrons. The molecule has 0 spiro atoms. The second kappa shape index (κ2) is 5.93. The topological polar surface area (TPSA) is 54.3 Å². The van der Waals surface area contributed by atoms with Gasteiger partial charge in [-0.15, -0.1) is 0 Å². The standard InChI is InChI=1S/C18H19N3O2/c1-21(12-15-10-13-4-2-3-5-17(13)23-15)11-14-6-7-18(22-14)16-8-9-19-20-16/h2-9,15H,10-12H2,1H3,(H,19,20)/t15-/m1/s1. The fourth-order valence-electron chi connectivity index (χ4n) is 3.03. The van der Waals surface area contributed by atoms with E-state index in [2.05, 4.69) is 34.3 Å². The van der Waals surface area contributed by atoms with Gasteiger partial charge in [0.2, 0.25) is 0 Å². The average molecular weight is 309 g/mol. The normalized spacial score (nSPS) is 16.5. The van der Waals surface area contributed by atoms with Crippen LogP contribution >= 0.6 is 0 Å². The maximum Gasteiger partial charge on any atom is 0.152 e. The van der Waals surface area contributed by atoms with Crippen LogP contribution in [-0.4, -0.2) is 34.8 Å². The third-order valence-corrected chi connectivity index (χ3v) is 4.08. The highest BCUT2D eigenvalue weighted by atomic mass is 16.5. The molecule has 1 aliphatic heterocycles. The third-order valence-electron chi connectivity index (χ3n) is 4.08. The monoisotopic (exact) mass is 309 g/mol. The minimum atomic E-state index is 0.208. The second-order valence-corrected chi connectivity index (χ2v) is 5.98. The zero-order chi connectivity index (χ0) is 15.6. The summed E-state index contributed by atoms with van der Waals surface area (Å²) in [5, 5.41) is 6.86. The van der Waals surface area contributed by atoms with Crippen molar-refractivity contribution < 1.29 is 9.15 Å². The van der Waals surface area contributed by atoms with Crippen molar-refractivity contribution in [1.29, 1.82) is 0 Å². The molecule has 0 radical (unpaired) electrons. The van der Waals surface area contributed by atoms with Crippen LogP contribution < -0.4 is 4.74 Å². The molecular formula is C18H19N3O2. The smallest absolute Gasteiger partial charge is 0.152 e. The number of rotatable bonds is 5. The fraction of sp³-hybridized carbons (Fsp3) is 0.278. The number of hydrogen-bond acceptors (Lipinski definition) is 4. The summed E-state index contributed by atoms with van der Waals surface area (Å²) in [5.74, 6) is 2.77. The van der Waals surface area contributed by atoms with Crippen molar-refractivity contribution in [3.8, 4) is 17.2 Å². The van der Waals surface area contributed by atoms with Crippen molar-refractivity contribution in [2.45, 2.75) is 19.1 Å². The van der Waals surface area contributed by atoms with Crippen molar-refractivity contribution >= 4 is 0 Å². The number of aromatic amines is 1. The van der Waals surface area contributed by atoms with Crippen LogP contribution in [-0.2, 0) is 13.0 Å². The van der Waals surface area contributed by atoms with Crippen molar-refractivity contribution in [2.75, 3.05) is 13.6 Å². The van der Waals surface area contributed by atoms with Gasteiger partial charge >= 0.3 is 0 Å². The van der Waals surface area contributed by atoms with E-state index in [1.807, 2.05) is 30.3 Å². The van der Waals surface area contributed by atoms with Gasteiger partial charge in [-0.25, -0.2) is 0 Å². The molecule has 1 N–H and O–H groups in total. The average Bonchev–Trinajstić information content (AvgIpc) is 3.26. The van der Waals surface area contributed by atoms with E-state index in [0.717, 1.165) is 42.5 Å². The Morgan fingerprint density at radius 3 is 2.96 bits per heavy atom. The van der Waals surface area contributed by atoms with Crippen LogP contribution in [0.1, 0.15) is 11.3 Å². The highest BCUT2D eigenvalue weighted by molar-refractivity contribution is 5.51. The first-order valence-corrected chi connectivity index (χ1v) is 7.79. The molecule has 1 aliphatic rings. The molecule has 0 bridgehead atoms. The number of furan rings is 1. The van der Waals surface area contributed by atoms with Gasteiger partial charge in [0.15, 0.2) is 5.76 Å². The summed E-state index contributed by atoms with van der Waals surface area (Å²) in [5.41, 5.74) is 2.19. The molecule has 0 fully saturated rings. The van der Waals surface area contributed by atoms with Gasteiger partial charge < -0.3 is 9.15 Å². The molecule has 0 saturated carbocycles. The van der Waals surface area contributed by atoms with Crippen LogP contribution in [0.2, 0.25) is 0 Å². The van der Waals surface area contributed by atoms with E-state index in [-0.39, 0.29) is 6.10 Å². The highest BCUT2D eigenvalue weighted by Gasteiger charge is 2.23. The summed E-state index contributed by atoms with van der Waals surface area (Å²) >= 11 is 0. The first kappa shape index (κ1) is 14.1. The van der Waals surface area contributed by atoms with Gasteiger partial charge in [-0.3, -0.25) is 10.00 Å². The summed E-state index contributed by atoms with van der Waals surface area (Å²) in [7, 11) is 2.09. The van der Waals surface area contributed by atoms with Crippen LogP contribution in [0.4, 0.5) is 0 Å². The zero-order valence-electron chi connectivity index (χ0n) is 13.0. The van der Waals surface area contributed by atoms with Gasteiger partial charge in [-0.05, 0) is 36.9 Å². The number of ether oxygens (including phenoxy) is 1. The van der Waals surface area contributed by atoms with Gasteiger partial charge in [-0.1, -0.05) is 18.2 Å². The first-order valence-electron chi connectivity index (χ1n) is 7.79. The van der Waals surface area contributed by atoms with E-state index < -0.39 is 0 Å². The maximum atomic E-state index is 5.99. The molecule has 23 heavy (non-hydrogen) atoms. The Morgan fingerprint density at radius 1 is 1.22 bits per heavy atom. The quantitative estimate of drug-likeness (QED) is 0.787. The molecule has 5 nitrogen and oxygen atoms in total. The highest BCUT2D eigenvalue weighted by Crippen LogP contribution is 2.28. The third kappa shape index (κ3) is 3.00. The zero-order valence-corrected chi connectivity index (χ0v) is 13.0. The predicted molar refractivity (Wildman–Crippen MR) is 87.2 cm³/mol. The van der Waals surface area contributed by atoms with Gasteiger partial charge in [0, 0.05) is 19.2 Å². The van der Waals surface area contributed by atoms with Crippen molar-refractivity contribution in [3.05, 3.63) is 60.0 Å². The minimum absolute atomic E-state index is 0.208. The van der Waals surface area contributed by atoms with Crippen molar-refractivity contribution in [3.63, 3.8) is 0 Å². The number of nitrogens with zero attached hydrogens (tertiary/aromatic N) is 2. The van der Waals surface area contributed by atoms with Crippen LogP contribution in [0.3, 0.4) is 0 Å². The molecule has 0 unspecified atom stereocenters. The predicted octanol–water partition coefficient (Wildman–Crippen LogP) is 3.11. The van der Waals surface area contributed by atoms with Crippen LogP contribution in [0, 0.1) is 0 Å². The molecule has 0 amide bonds. The number of benzene rings is 1. The molecule has 0 aliphatic carbocycles. The SMILES string of the molecule is CN(Cc1ccc(-c2ccn[nH]2)o1)C[C@H]1Cc2ccccc2O1. The lowest BCUT2D eigenvalue weighted by Crippen LogP contribution is -2.31. The summed E-state index contributed by atoms with van der Waals surface area (Å²) in [6.45, 7) is 1.62. The number of H-pyrrole nitrogens is 1. The Morgan fingerprint density at radius 2 is 2.13 bits per heavy atom. The van der Waals surface area contributed by atoms with Gasteiger partial charge in [-0.2, -0.15) is 5.10 Å².